The molecule has 2 N–H and O–H groups in total. The van der Waals surface area contributed by atoms with Gasteiger partial charge in [0.25, 0.3) is 0 Å². The summed E-state index contributed by atoms with van der Waals surface area (Å²) in [6.45, 7) is 12.5. The fourth-order valence-electron chi connectivity index (χ4n) is 6.10. The monoisotopic (exact) mass is 502 g/mol. The molecule has 37 heavy (non-hydrogen) atoms. The second-order valence-corrected chi connectivity index (χ2v) is 11.4. The quantitative estimate of drug-likeness (QED) is 0.503. The topological polar surface area (TPSA) is 71.9 Å². The highest BCUT2D eigenvalue weighted by molar-refractivity contribution is 6.09. The predicted octanol–water partition coefficient (Wildman–Crippen LogP) is 5.06. The zero-order chi connectivity index (χ0) is 26.4. The molecule has 200 valence electrons. The number of benzene rings is 1. The van der Waals surface area contributed by atoms with Crippen LogP contribution in [0.3, 0.4) is 0 Å². The summed E-state index contributed by atoms with van der Waals surface area (Å²) in [5.41, 5.74) is 13.5. The van der Waals surface area contributed by atoms with Gasteiger partial charge in [0.05, 0.1) is 23.4 Å². The molecule has 2 fully saturated rings. The van der Waals surface area contributed by atoms with Crippen molar-refractivity contribution in [1.29, 1.82) is 5.26 Å². The second kappa shape index (κ2) is 12.3. The van der Waals surface area contributed by atoms with Crippen molar-refractivity contribution in [2.75, 3.05) is 39.8 Å². The van der Waals surface area contributed by atoms with E-state index in [1.165, 1.54) is 35.4 Å². The molecule has 0 bridgehead atoms. The Bertz CT molecular complexity index is 1060. The van der Waals surface area contributed by atoms with Gasteiger partial charge in [0.2, 0.25) is 0 Å². The Balaban J connectivity index is 1.57. The summed E-state index contributed by atoms with van der Waals surface area (Å²) in [6, 6.07) is 9.54. The first-order valence-electron chi connectivity index (χ1n) is 14.2. The minimum absolute atomic E-state index is 0.175. The van der Waals surface area contributed by atoms with Crippen LogP contribution in [0.15, 0.2) is 46.7 Å². The lowest BCUT2D eigenvalue weighted by molar-refractivity contribution is 0.187. The van der Waals surface area contributed by atoms with Crippen LogP contribution < -0.4 is 5.73 Å². The van der Waals surface area contributed by atoms with E-state index < -0.39 is 0 Å². The third-order valence-corrected chi connectivity index (χ3v) is 8.37. The Hall–Kier alpha value is -2.62. The lowest BCUT2D eigenvalue weighted by Gasteiger charge is -2.36. The van der Waals surface area contributed by atoms with Gasteiger partial charge < -0.3 is 20.4 Å². The maximum absolute atomic E-state index is 10.0. The summed E-state index contributed by atoms with van der Waals surface area (Å²) >= 11 is 0. The van der Waals surface area contributed by atoms with Gasteiger partial charge in [-0.2, -0.15) is 5.26 Å². The van der Waals surface area contributed by atoms with Crippen LogP contribution >= 0.6 is 0 Å². The van der Waals surface area contributed by atoms with Crippen molar-refractivity contribution < 1.29 is 0 Å². The van der Waals surface area contributed by atoms with Crippen molar-refractivity contribution in [2.24, 2.45) is 16.1 Å². The van der Waals surface area contributed by atoms with Crippen LogP contribution in [0.4, 0.5) is 0 Å². The van der Waals surface area contributed by atoms with E-state index in [-0.39, 0.29) is 11.6 Å². The minimum Gasteiger partial charge on any atom is -0.372 e. The molecule has 0 radical (unpaired) electrons. The fourth-order valence-corrected chi connectivity index (χ4v) is 6.10. The summed E-state index contributed by atoms with van der Waals surface area (Å²) in [5.74, 6) is 0. The molecule has 1 saturated heterocycles. The molecular formula is C31H46N6. The third-order valence-electron chi connectivity index (χ3n) is 8.37. The van der Waals surface area contributed by atoms with Gasteiger partial charge in [0, 0.05) is 62.6 Å². The van der Waals surface area contributed by atoms with Crippen molar-refractivity contribution >= 4 is 5.71 Å². The highest BCUT2D eigenvalue weighted by Crippen LogP contribution is 2.43. The van der Waals surface area contributed by atoms with Crippen LogP contribution in [0.25, 0.3) is 0 Å². The third kappa shape index (κ3) is 6.83. The van der Waals surface area contributed by atoms with E-state index >= 15 is 0 Å². The first-order valence-corrected chi connectivity index (χ1v) is 14.2. The van der Waals surface area contributed by atoms with Crippen LogP contribution in [0.5, 0.6) is 0 Å². The van der Waals surface area contributed by atoms with Gasteiger partial charge in [-0.05, 0) is 69.8 Å². The maximum Gasteiger partial charge on any atom is 0.0948 e. The Morgan fingerprint density at radius 3 is 2.51 bits per heavy atom. The Kier molecular flexibility index (Phi) is 9.10. The van der Waals surface area contributed by atoms with Crippen molar-refractivity contribution in [3.05, 3.63) is 58.4 Å². The van der Waals surface area contributed by atoms with Gasteiger partial charge in [-0.3, -0.25) is 4.99 Å². The molecule has 1 saturated carbocycles. The van der Waals surface area contributed by atoms with Crippen LogP contribution in [0, 0.1) is 16.7 Å². The van der Waals surface area contributed by atoms with E-state index in [9.17, 15) is 5.26 Å². The molecule has 4 rings (SSSR count). The lowest BCUT2D eigenvalue weighted by atomic mass is 9.82. The Labute approximate surface area is 224 Å². The molecule has 1 aliphatic carbocycles. The largest absolute Gasteiger partial charge is 0.372 e. The van der Waals surface area contributed by atoms with Crippen molar-refractivity contribution in [1.82, 2.24) is 14.7 Å². The molecule has 1 aromatic rings. The van der Waals surface area contributed by atoms with Gasteiger partial charge >= 0.3 is 0 Å². The number of piperazine rings is 1. The number of hydrogen-bond acceptors (Lipinski definition) is 6. The van der Waals surface area contributed by atoms with Gasteiger partial charge in [-0.25, -0.2) is 0 Å². The predicted molar refractivity (Wildman–Crippen MR) is 153 cm³/mol. The first-order chi connectivity index (χ1) is 17.8. The first kappa shape index (κ1) is 27.4. The molecule has 6 nitrogen and oxygen atoms in total. The van der Waals surface area contributed by atoms with Gasteiger partial charge in [0.1, 0.15) is 0 Å². The molecule has 3 aliphatic rings. The normalized spacial score (nSPS) is 22.1. The maximum atomic E-state index is 10.0. The molecule has 2 heterocycles. The number of likely N-dealkylation sites (N-methyl/N-ethyl adjacent to an activating group) is 1. The zero-order valence-corrected chi connectivity index (χ0v) is 23.5. The van der Waals surface area contributed by atoms with Crippen LogP contribution in [-0.2, 0) is 13.0 Å². The van der Waals surface area contributed by atoms with Gasteiger partial charge in [0.15, 0.2) is 0 Å². The van der Waals surface area contributed by atoms with Crippen LogP contribution in [-0.4, -0.2) is 66.3 Å². The lowest BCUT2D eigenvalue weighted by Crippen LogP contribution is -2.43. The number of nitrogens with two attached hydrogens (primary N) is 1. The Morgan fingerprint density at radius 1 is 1.14 bits per heavy atom. The molecule has 2 aliphatic heterocycles. The summed E-state index contributed by atoms with van der Waals surface area (Å²) < 4.78 is 0. The highest BCUT2D eigenvalue weighted by atomic mass is 15.2. The van der Waals surface area contributed by atoms with Crippen LogP contribution in [0.1, 0.15) is 76.0 Å². The molecule has 6 heteroatoms. The number of hydrogen-bond donors (Lipinski definition) is 1. The zero-order valence-electron chi connectivity index (χ0n) is 23.5. The average molecular weight is 503 g/mol. The molecule has 1 aromatic carbocycles. The van der Waals surface area contributed by atoms with Crippen LogP contribution in [0.2, 0.25) is 0 Å². The number of aliphatic imine (C=N–C) groups is 1. The molecule has 1 unspecified atom stereocenters. The van der Waals surface area contributed by atoms with E-state index in [4.69, 9.17) is 10.7 Å². The molecule has 0 aromatic heterocycles. The van der Waals surface area contributed by atoms with E-state index in [0.717, 1.165) is 82.6 Å². The summed E-state index contributed by atoms with van der Waals surface area (Å²) in [5, 5.41) is 10.0. The molecular weight excluding hydrogens is 456 g/mol. The Morgan fingerprint density at radius 2 is 1.86 bits per heavy atom. The minimum atomic E-state index is -0.258. The van der Waals surface area contributed by atoms with E-state index in [1.54, 1.807) is 0 Å². The number of allylic oxidation sites excluding steroid dienone is 4. The summed E-state index contributed by atoms with van der Waals surface area (Å²) in [7, 11) is 2.19. The summed E-state index contributed by atoms with van der Waals surface area (Å²) in [4.78, 5) is 12.2. The number of fused-ring (bicyclic) bond motifs is 1. The number of nitriles is 1. The second-order valence-electron chi connectivity index (χ2n) is 11.4. The smallest absolute Gasteiger partial charge is 0.0948 e. The molecule has 0 spiro atoms. The van der Waals surface area contributed by atoms with Gasteiger partial charge in [-0.15, -0.1) is 0 Å². The fraction of sp³-hybridized carbons (Fsp3) is 0.613. The van der Waals surface area contributed by atoms with Gasteiger partial charge in [-0.1, -0.05) is 38.0 Å². The average Bonchev–Trinajstić information content (AvgIpc) is 3.36. The van der Waals surface area contributed by atoms with Crippen molar-refractivity contribution in [2.45, 2.75) is 78.4 Å². The number of nitrogens with zero attached hydrogens (tertiary/aromatic N) is 5. The van der Waals surface area contributed by atoms with E-state index in [1.807, 2.05) is 6.92 Å². The highest BCUT2D eigenvalue weighted by Gasteiger charge is 2.36. The van der Waals surface area contributed by atoms with Crippen molar-refractivity contribution in [3.63, 3.8) is 0 Å². The summed E-state index contributed by atoms with van der Waals surface area (Å²) in [6.07, 6.45) is 11.7. The van der Waals surface area contributed by atoms with E-state index in [0.29, 0.717) is 0 Å². The SMILES string of the molecule is CC/C=C(/CC1(C#N)CCCC1)N1CCc2ccc(C(/C=C(\C)N3CCN(C)CC3)=N/C(C)N)cc2C1. The van der Waals surface area contributed by atoms with E-state index in [2.05, 4.69) is 72.0 Å². The standard InChI is InChI=1S/C31H46N6/c1-5-8-29(21-31(23-32)12-6-7-13-31)37-14-11-26-9-10-27(20-28(26)22-37)30(34-25(3)33)19-24(2)36-17-15-35(4)16-18-36/h8-10,19-20,25H,5-7,11-18,21-22,33H2,1-4H3/b24-19+,29-8-,34-30+. The van der Waals surface area contributed by atoms with Crippen molar-refractivity contribution in [3.8, 4) is 6.07 Å². The molecule has 1 atom stereocenters. The molecule has 0 amide bonds. The number of rotatable bonds is 8.